The van der Waals surface area contributed by atoms with Crippen molar-refractivity contribution in [2.75, 3.05) is 11.9 Å². The van der Waals surface area contributed by atoms with Crippen molar-refractivity contribution in [3.05, 3.63) is 44.8 Å². The lowest BCUT2D eigenvalue weighted by atomic mass is 10.2. The Hall–Kier alpha value is -2.48. The molecule has 7 nitrogen and oxygen atoms in total. The number of nitrogens with zero attached hydrogens (tertiary/aromatic N) is 1. The van der Waals surface area contributed by atoms with Crippen molar-refractivity contribution in [3.8, 4) is 0 Å². The molecule has 1 aliphatic heterocycles. The monoisotopic (exact) mass is 304 g/mol. The predicted octanol–water partition coefficient (Wildman–Crippen LogP) is 0.760. The summed E-state index contributed by atoms with van der Waals surface area (Å²) in [7, 11) is 0. The smallest absolute Gasteiger partial charge is 0.263 e. The van der Waals surface area contributed by atoms with Crippen LogP contribution in [0, 0.1) is 0 Å². The summed E-state index contributed by atoms with van der Waals surface area (Å²) in [5, 5.41) is 5.81. The molecule has 108 valence electrons. The highest BCUT2D eigenvalue weighted by Gasteiger charge is 2.21. The number of pyridine rings is 1. The van der Waals surface area contributed by atoms with Gasteiger partial charge in [-0.1, -0.05) is 11.3 Å². The SMILES string of the molecule is O=C(Nc1nc2c(s1)C(=O)NCCC2)c1ccc(=O)[nH]c1. The summed E-state index contributed by atoms with van der Waals surface area (Å²) in [4.78, 5) is 42.1. The van der Waals surface area contributed by atoms with E-state index in [4.69, 9.17) is 0 Å². The molecule has 3 N–H and O–H groups in total. The molecule has 0 saturated heterocycles. The van der Waals surface area contributed by atoms with E-state index < -0.39 is 0 Å². The van der Waals surface area contributed by atoms with Gasteiger partial charge in [0.25, 0.3) is 11.8 Å². The fourth-order valence-corrected chi connectivity index (χ4v) is 2.93. The van der Waals surface area contributed by atoms with Gasteiger partial charge >= 0.3 is 0 Å². The fourth-order valence-electron chi connectivity index (χ4n) is 2.01. The maximum atomic E-state index is 12.0. The summed E-state index contributed by atoms with van der Waals surface area (Å²) in [5.41, 5.74) is 0.764. The second-order valence-electron chi connectivity index (χ2n) is 4.55. The zero-order valence-corrected chi connectivity index (χ0v) is 11.8. The van der Waals surface area contributed by atoms with Gasteiger partial charge in [0.15, 0.2) is 5.13 Å². The number of aromatic nitrogens is 2. The number of fused-ring (bicyclic) bond motifs is 1. The van der Waals surface area contributed by atoms with Crippen LogP contribution in [-0.4, -0.2) is 28.3 Å². The van der Waals surface area contributed by atoms with Crippen LogP contribution in [0.4, 0.5) is 5.13 Å². The van der Waals surface area contributed by atoms with Gasteiger partial charge < -0.3 is 10.3 Å². The lowest BCUT2D eigenvalue weighted by Crippen LogP contribution is -2.21. The van der Waals surface area contributed by atoms with Gasteiger partial charge in [-0.25, -0.2) is 4.98 Å². The molecule has 3 heterocycles. The number of hydrogen-bond acceptors (Lipinski definition) is 5. The molecule has 0 radical (unpaired) electrons. The fraction of sp³-hybridized carbons (Fsp3) is 0.231. The molecule has 0 unspecified atom stereocenters. The Balaban J connectivity index is 1.81. The highest BCUT2D eigenvalue weighted by molar-refractivity contribution is 7.17. The van der Waals surface area contributed by atoms with Crippen LogP contribution in [0.15, 0.2) is 23.1 Å². The largest absolute Gasteiger partial charge is 0.351 e. The number of aryl methyl sites for hydroxylation is 1. The summed E-state index contributed by atoms with van der Waals surface area (Å²) in [6, 6.07) is 2.71. The molecule has 3 rings (SSSR count). The molecule has 2 aromatic rings. The van der Waals surface area contributed by atoms with E-state index in [-0.39, 0.29) is 17.4 Å². The van der Waals surface area contributed by atoms with Crippen LogP contribution in [0.3, 0.4) is 0 Å². The van der Waals surface area contributed by atoms with Crippen molar-refractivity contribution in [1.82, 2.24) is 15.3 Å². The number of rotatable bonds is 2. The topological polar surface area (TPSA) is 104 Å². The van der Waals surface area contributed by atoms with E-state index in [1.54, 1.807) is 0 Å². The molecule has 2 amide bonds. The van der Waals surface area contributed by atoms with Crippen molar-refractivity contribution < 1.29 is 9.59 Å². The van der Waals surface area contributed by atoms with Gasteiger partial charge in [-0.3, -0.25) is 19.7 Å². The zero-order chi connectivity index (χ0) is 14.8. The zero-order valence-electron chi connectivity index (χ0n) is 10.9. The van der Waals surface area contributed by atoms with Crippen molar-refractivity contribution in [3.63, 3.8) is 0 Å². The molecule has 0 spiro atoms. The predicted molar refractivity (Wildman–Crippen MR) is 77.8 cm³/mol. The summed E-state index contributed by atoms with van der Waals surface area (Å²) in [6.07, 6.45) is 2.87. The van der Waals surface area contributed by atoms with Crippen molar-refractivity contribution >= 4 is 28.3 Å². The number of aromatic amines is 1. The van der Waals surface area contributed by atoms with Gasteiger partial charge in [-0.2, -0.15) is 0 Å². The molecule has 2 aromatic heterocycles. The molecule has 0 aromatic carbocycles. The number of hydrogen-bond donors (Lipinski definition) is 3. The highest BCUT2D eigenvalue weighted by atomic mass is 32.1. The Labute approximate surface area is 123 Å². The number of nitrogens with one attached hydrogen (secondary N) is 3. The molecule has 21 heavy (non-hydrogen) atoms. The average Bonchev–Trinajstić information content (AvgIpc) is 2.79. The number of H-pyrrole nitrogens is 1. The maximum Gasteiger partial charge on any atom is 0.263 e. The first-order valence-electron chi connectivity index (χ1n) is 6.41. The van der Waals surface area contributed by atoms with E-state index in [0.29, 0.717) is 34.2 Å². The molecule has 0 aliphatic carbocycles. The van der Waals surface area contributed by atoms with Crippen LogP contribution >= 0.6 is 11.3 Å². The minimum absolute atomic E-state index is 0.149. The lowest BCUT2D eigenvalue weighted by Gasteiger charge is -2.01. The summed E-state index contributed by atoms with van der Waals surface area (Å²) in [5.74, 6) is -0.528. The third kappa shape index (κ3) is 2.84. The molecule has 0 fully saturated rings. The third-order valence-corrected chi connectivity index (χ3v) is 4.06. The number of anilines is 1. The number of carbonyl (C=O) groups is 2. The quantitative estimate of drug-likeness (QED) is 0.762. The number of thiazole rings is 1. The van der Waals surface area contributed by atoms with Gasteiger partial charge in [0.1, 0.15) is 4.88 Å². The summed E-state index contributed by atoms with van der Waals surface area (Å²) >= 11 is 1.16. The Bertz CT molecular complexity index is 745. The molecule has 0 atom stereocenters. The van der Waals surface area contributed by atoms with Gasteiger partial charge in [0.2, 0.25) is 5.56 Å². The van der Waals surface area contributed by atoms with E-state index in [2.05, 4.69) is 20.6 Å². The molecule has 0 saturated carbocycles. The van der Waals surface area contributed by atoms with Crippen LogP contribution in [0.2, 0.25) is 0 Å². The minimum atomic E-state index is -0.379. The molecule has 8 heteroatoms. The Morgan fingerprint density at radius 2 is 2.19 bits per heavy atom. The number of amides is 2. The van der Waals surface area contributed by atoms with Crippen LogP contribution < -0.4 is 16.2 Å². The first-order valence-corrected chi connectivity index (χ1v) is 7.23. The Morgan fingerprint density at radius 1 is 1.33 bits per heavy atom. The van der Waals surface area contributed by atoms with Gasteiger partial charge in [-0.05, 0) is 18.9 Å². The van der Waals surface area contributed by atoms with Crippen molar-refractivity contribution in [2.24, 2.45) is 0 Å². The van der Waals surface area contributed by atoms with E-state index in [0.717, 1.165) is 17.8 Å². The second kappa shape index (κ2) is 5.49. The van der Waals surface area contributed by atoms with Gasteiger partial charge in [-0.15, -0.1) is 0 Å². The van der Waals surface area contributed by atoms with Crippen LogP contribution in [-0.2, 0) is 6.42 Å². The second-order valence-corrected chi connectivity index (χ2v) is 5.55. The molecular formula is C13H12N4O3S. The van der Waals surface area contributed by atoms with Gasteiger partial charge in [0.05, 0.1) is 11.3 Å². The highest BCUT2D eigenvalue weighted by Crippen LogP contribution is 2.25. The normalized spacial score (nSPS) is 14.0. The molecular weight excluding hydrogens is 292 g/mol. The van der Waals surface area contributed by atoms with Gasteiger partial charge in [0, 0.05) is 18.8 Å². The minimum Gasteiger partial charge on any atom is -0.351 e. The first-order chi connectivity index (χ1) is 10.1. The molecule has 0 bridgehead atoms. The number of carbonyl (C=O) groups excluding carboxylic acids is 2. The first kappa shape index (κ1) is 13.5. The summed E-state index contributed by atoms with van der Waals surface area (Å²) in [6.45, 7) is 0.640. The van der Waals surface area contributed by atoms with E-state index in [9.17, 15) is 14.4 Å². The van der Waals surface area contributed by atoms with Crippen LogP contribution in [0.5, 0.6) is 0 Å². The van der Waals surface area contributed by atoms with Crippen LogP contribution in [0.1, 0.15) is 32.1 Å². The van der Waals surface area contributed by atoms with Crippen molar-refractivity contribution in [2.45, 2.75) is 12.8 Å². The lowest BCUT2D eigenvalue weighted by molar-refractivity contribution is 0.0958. The van der Waals surface area contributed by atoms with Crippen molar-refractivity contribution in [1.29, 1.82) is 0 Å². The third-order valence-electron chi connectivity index (χ3n) is 3.05. The summed E-state index contributed by atoms with van der Waals surface area (Å²) < 4.78 is 0. The Morgan fingerprint density at radius 3 is 2.95 bits per heavy atom. The maximum absolute atomic E-state index is 12.0. The standard InChI is InChI=1S/C13H12N4O3S/c18-9-4-3-7(6-15-9)11(19)17-13-16-8-2-1-5-14-12(20)10(8)21-13/h3-4,6H,1-2,5H2,(H,14,20)(H,15,18)(H,16,17,19). The Kier molecular flexibility index (Phi) is 3.53. The van der Waals surface area contributed by atoms with E-state index >= 15 is 0 Å². The van der Waals surface area contributed by atoms with E-state index in [1.165, 1.54) is 18.3 Å². The molecule has 1 aliphatic rings. The average molecular weight is 304 g/mol. The van der Waals surface area contributed by atoms with E-state index in [1.807, 2.05) is 0 Å². The van der Waals surface area contributed by atoms with Crippen LogP contribution in [0.25, 0.3) is 0 Å².